The quantitative estimate of drug-likeness (QED) is 0.608. The number of phenolic OH excluding ortho intramolecular Hbond substituents is 1. The predicted molar refractivity (Wildman–Crippen MR) is 134 cm³/mol. The standard InChI is InChI=1S/C27H35N3O5/c1-6-11-33-25-16(3)26-27(35-14-34-26)21-18(25)12-19-22(29(4)9-10-30(19)20(21)13-28)17-8-7-15(2)24(32-5)23(17)31/h6-8,19-20,22,31H,1,9-14,28H2,2-5H3/t19?,20-,22+/m0/s1. The van der Waals surface area contributed by atoms with Crippen LogP contribution < -0.4 is 24.7 Å². The summed E-state index contributed by atoms with van der Waals surface area (Å²) in [6, 6.07) is 3.98. The Labute approximate surface area is 206 Å². The molecule has 3 N–H and O–H groups in total. The zero-order valence-corrected chi connectivity index (χ0v) is 21.0. The summed E-state index contributed by atoms with van der Waals surface area (Å²) in [5, 5.41) is 11.2. The summed E-state index contributed by atoms with van der Waals surface area (Å²) >= 11 is 0. The lowest BCUT2D eigenvalue weighted by atomic mass is 9.79. The summed E-state index contributed by atoms with van der Waals surface area (Å²) in [5.74, 6) is 3.07. The number of phenols is 1. The van der Waals surface area contributed by atoms with Gasteiger partial charge in [-0.25, -0.2) is 0 Å². The number of methoxy groups -OCH3 is 1. The minimum atomic E-state index is -0.0587. The van der Waals surface area contributed by atoms with E-state index in [0.29, 0.717) is 18.9 Å². The van der Waals surface area contributed by atoms with Crippen LogP contribution >= 0.6 is 0 Å². The fraction of sp³-hybridized carbons (Fsp3) is 0.481. The van der Waals surface area contributed by atoms with Gasteiger partial charge in [0.05, 0.1) is 19.2 Å². The van der Waals surface area contributed by atoms with E-state index in [1.807, 2.05) is 26.0 Å². The van der Waals surface area contributed by atoms with E-state index < -0.39 is 0 Å². The van der Waals surface area contributed by atoms with Crippen molar-refractivity contribution in [2.75, 3.05) is 47.2 Å². The van der Waals surface area contributed by atoms with Crippen molar-refractivity contribution in [3.8, 4) is 28.7 Å². The molecule has 3 heterocycles. The maximum Gasteiger partial charge on any atom is 0.231 e. The Kier molecular flexibility index (Phi) is 6.29. The molecule has 3 aliphatic heterocycles. The van der Waals surface area contributed by atoms with Gasteiger partial charge in [0.15, 0.2) is 23.0 Å². The van der Waals surface area contributed by atoms with Gasteiger partial charge in [-0.05, 0) is 32.9 Å². The van der Waals surface area contributed by atoms with E-state index in [1.54, 1.807) is 13.2 Å². The van der Waals surface area contributed by atoms with Crippen molar-refractivity contribution >= 4 is 0 Å². The molecule has 0 bridgehead atoms. The lowest BCUT2D eigenvalue weighted by Crippen LogP contribution is -2.58. The minimum absolute atomic E-state index is 0.0570. The summed E-state index contributed by atoms with van der Waals surface area (Å²) < 4.78 is 23.6. The first-order valence-corrected chi connectivity index (χ1v) is 12.1. The molecule has 2 aromatic rings. The third-order valence-electron chi connectivity index (χ3n) is 7.71. The molecule has 3 aliphatic rings. The maximum atomic E-state index is 11.2. The number of aryl methyl sites for hydroxylation is 1. The van der Waals surface area contributed by atoms with Crippen LogP contribution in [0.25, 0.3) is 0 Å². The summed E-state index contributed by atoms with van der Waals surface area (Å²) in [6.45, 7) is 10.5. The van der Waals surface area contributed by atoms with E-state index in [9.17, 15) is 5.11 Å². The summed E-state index contributed by atoms with van der Waals surface area (Å²) in [5.41, 5.74) is 11.3. The maximum absolute atomic E-state index is 11.2. The minimum Gasteiger partial charge on any atom is -0.504 e. The third kappa shape index (κ3) is 3.63. The highest BCUT2D eigenvalue weighted by Crippen LogP contribution is 2.55. The van der Waals surface area contributed by atoms with Gasteiger partial charge in [-0.2, -0.15) is 0 Å². The van der Waals surface area contributed by atoms with Crippen molar-refractivity contribution in [2.45, 2.75) is 38.4 Å². The first-order chi connectivity index (χ1) is 16.9. The fourth-order valence-corrected chi connectivity index (χ4v) is 6.16. The number of ether oxygens (including phenoxy) is 4. The van der Waals surface area contributed by atoms with Gasteiger partial charge >= 0.3 is 0 Å². The van der Waals surface area contributed by atoms with Crippen molar-refractivity contribution in [1.29, 1.82) is 0 Å². The Morgan fingerprint density at radius 3 is 2.69 bits per heavy atom. The molecule has 0 aromatic heterocycles. The molecule has 35 heavy (non-hydrogen) atoms. The second kappa shape index (κ2) is 9.26. The normalized spacial score (nSPS) is 23.5. The SMILES string of the molecule is C=CCOc1c(C)c2c(c3c1CC1[C@@H](c4ccc(C)c(OC)c4O)N(C)CCN1[C@H]3CN)OCO2. The summed E-state index contributed by atoms with van der Waals surface area (Å²) in [7, 11) is 3.71. The van der Waals surface area contributed by atoms with E-state index in [0.717, 1.165) is 64.6 Å². The lowest BCUT2D eigenvalue weighted by molar-refractivity contribution is -0.00433. The Morgan fingerprint density at radius 2 is 1.97 bits per heavy atom. The van der Waals surface area contributed by atoms with Crippen molar-refractivity contribution in [3.63, 3.8) is 0 Å². The monoisotopic (exact) mass is 481 g/mol. The van der Waals surface area contributed by atoms with Crippen molar-refractivity contribution in [1.82, 2.24) is 9.80 Å². The molecule has 0 amide bonds. The van der Waals surface area contributed by atoms with E-state index in [-0.39, 0.29) is 30.7 Å². The Hall–Kier alpha value is -2.94. The molecule has 1 saturated heterocycles. The average Bonchev–Trinajstić information content (AvgIpc) is 3.34. The number of piperazine rings is 1. The molecular weight excluding hydrogens is 446 g/mol. The highest BCUT2D eigenvalue weighted by Gasteiger charge is 2.47. The Balaban J connectivity index is 1.68. The molecule has 1 fully saturated rings. The van der Waals surface area contributed by atoms with Gasteiger partial charge in [0.25, 0.3) is 0 Å². The molecule has 8 heteroatoms. The van der Waals surface area contributed by atoms with Crippen molar-refractivity contribution in [2.24, 2.45) is 5.73 Å². The average molecular weight is 482 g/mol. The van der Waals surface area contributed by atoms with Gasteiger partial charge in [0.1, 0.15) is 12.4 Å². The van der Waals surface area contributed by atoms with Crippen LogP contribution in [-0.2, 0) is 6.42 Å². The number of nitrogens with two attached hydrogens (primary N) is 1. The number of fused-ring (bicyclic) bond motifs is 4. The van der Waals surface area contributed by atoms with Gasteiger partial charge in [0.2, 0.25) is 6.79 Å². The molecule has 8 nitrogen and oxygen atoms in total. The number of aromatic hydroxyl groups is 1. The van der Waals surface area contributed by atoms with E-state index in [2.05, 4.69) is 23.4 Å². The highest BCUT2D eigenvalue weighted by molar-refractivity contribution is 5.66. The molecule has 2 aromatic carbocycles. The number of nitrogens with zero attached hydrogens (tertiary/aromatic N) is 2. The largest absolute Gasteiger partial charge is 0.504 e. The number of hydrogen-bond acceptors (Lipinski definition) is 8. The molecule has 1 unspecified atom stereocenters. The van der Waals surface area contributed by atoms with E-state index in [1.165, 1.54) is 0 Å². The molecule has 188 valence electrons. The first kappa shape index (κ1) is 23.8. The molecular formula is C27H35N3O5. The second-order valence-corrected chi connectivity index (χ2v) is 9.55. The topological polar surface area (TPSA) is 89.7 Å². The van der Waals surface area contributed by atoms with Gasteiger partial charge in [-0.3, -0.25) is 9.80 Å². The second-order valence-electron chi connectivity index (χ2n) is 9.55. The number of rotatable bonds is 6. The van der Waals surface area contributed by atoms with Crippen LogP contribution in [0.4, 0.5) is 0 Å². The van der Waals surface area contributed by atoms with Crippen LogP contribution in [0.3, 0.4) is 0 Å². The van der Waals surface area contributed by atoms with E-state index in [4.69, 9.17) is 24.7 Å². The van der Waals surface area contributed by atoms with Gasteiger partial charge in [0, 0.05) is 47.9 Å². The van der Waals surface area contributed by atoms with Crippen LogP contribution in [0.2, 0.25) is 0 Å². The summed E-state index contributed by atoms with van der Waals surface area (Å²) in [4.78, 5) is 4.78. The molecule has 0 aliphatic carbocycles. The predicted octanol–water partition coefficient (Wildman–Crippen LogP) is 3.22. The van der Waals surface area contributed by atoms with Crippen LogP contribution in [-0.4, -0.2) is 68.1 Å². The highest BCUT2D eigenvalue weighted by atomic mass is 16.7. The van der Waals surface area contributed by atoms with Crippen molar-refractivity contribution in [3.05, 3.63) is 52.6 Å². The summed E-state index contributed by atoms with van der Waals surface area (Å²) in [6.07, 6.45) is 2.47. The third-order valence-corrected chi connectivity index (χ3v) is 7.71. The van der Waals surface area contributed by atoms with Gasteiger partial charge in [-0.1, -0.05) is 24.8 Å². The van der Waals surface area contributed by atoms with Gasteiger partial charge < -0.3 is 29.8 Å². The molecule has 0 spiro atoms. The number of likely N-dealkylation sites (N-methyl/N-ethyl adjacent to an activating group) is 1. The Morgan fingerprint density at radius 1 is 1.20 bits per heavy atom. The Bertz CT molecular complexity index is 1150. The number of hydrogen-bond donors (Lipinski definition) is 2. The van der Waals surface area contributed by atoms with Crippen molar-refractivity contribution < 1.29 is 24.1 Å². The number of benzene rings is 2. The first-order valence-electron chi connectivity index (χ1n) is 12.1. The smallest absolute Gasteiger partial charge is 0.231 e. The zero-order valence-electron chi connectivity index (χ0n) is 21.0. The molecule has 5 rings (SSSR count). The van der Waals surface area contributed by atoms with Gasteiger partial charge in [-0.15, -0.1) is 0 Å². The molecule has 0 saturated carbocycles. The van der Waals surface area contributed by atoms with E-state index >= 15 is 0 Å². The zero-order chi connectivity index (χ0) is 24.9. The lowest BCUT2D eigenvalue weighted by Gasteiger charge is -2.52. The van der Waals surface area contributed by atoms with Crippen LogP contribution in [0.1, 0.15) is 39.9 Å². The molecule has 3 atom stereocenters. The van der Waals surface area contributed by atoms with Crippen LogP contribution in [0.15, 0.2) is 24.8 Å². The van der Waals surface area contributed by atoms with Crippen LogP contribution in [0.5, 0.6) is 28.7 Å². The fourth-order valence-electron chi connectivity index (χ4n) is 6.16. The van der Waals surface area contributed by atoms with Crippen LogP contribution in [0, 0.1) is 13.8 Å². The molecule has 0 radical (unpaired) electrons.